The lowest BCUT2D eigenvalue weighted by Crippen LogP contribution is -2.27. The highest BCUT2D eigenvalue weighted by Crippen LogP contribution is 2.23. The quantitative estimate of drug-likeness (QED) is 0.813. The van der Waals surface area contributed by atoms with Crippen molar-refractivity contribution in [1.82, 2.24) is 4.90 Å². The third kappa shape index (κ3) is 3.04. The molecule has 0 aromatic heterocycles. The molecule has 3 heteroatoms. The number of hydrogen-bond acceptors (Lipinski definition) is 2. The molecule has 0 spiro atoms. The Morgan fingerprint density at radius 3 is 2.65 bits per heavy atom. The van der Waals surface area contributed by atoms with Gasteiger partial charge in [0, 0.05) is 18.3 Å². The second kappa shape index (κ2) is 5.28. The molecule has 1 atom stereocenters. The minimum Gasteiger partial charge on any atom is -0.487 e. The van der Waals surface area contributed by atoms with Crippen LogP contribution in [0.1, 0.15) is 12.5 Å². The normalized spacial score (nSPS) is 19.7. The van der Waals surface area contributed by atoms with Gasteiger partial charge in [0.05, 0.1) is 6.04 Å². The van der Waals surface area contributed by atoms with Gasteiger partial charge < -0.3 is 9.64 Å². The zero-order chi connectivity index (χ0) is 12.3. The Balaban J connectivity index is 1.99. The minimum absolute atomic E-state index is 0.223. The number of likely N-dealkylation sites (N-methyl/N-ethyl adjacent to an activating group) is 1. The van der Waals surface area contributed by atoms with Gasteiger partial charge in [0.15, 0.2) is 0 Å². The van der Waals surface area contributed by atoms with Gasteiger partial charge in [-0.2, -0.15) is 0 Å². The van der Waals surface area contributed by atoms with Crippen LogP contribution < -0.4 is 0 Å². The lowest BCUT2D eigenvalue weighted by Gasteiger charge is -2.27. The molecule has 0 radical (unpaired) electrons. The van der Waals surface area contributed by atoms with Crippen molar-refractivity contribution < 1.29 is 4.74 Å². The average Bonchev–Trinajstić information content (AvgIpc) is 2.34. The van der Waals surface area contributed by atoms with E-state index < -0.39 is 0 Å². The smallest absolute Gasteiger partial charge is 0.136 e. The molecule has 0 N–H and O–H groups in total. The summed E-state index contributed by atoms with van der Waals surface area (Å²) in [5, 5.41) is 0.804. The number of ether oxygens (including phenoxy) is 1. The molecule has 1 aromatic rings. The van der Waals surface area contributed by atoms with Crippen molar-refractivity contribution in [1.29, 1.82) is 0 Å². The van der Waals surface area contributed by atoms with Crippen molar-refractivity contribution in [3.63, 3.8) is 0 Å². The number of halogens is 1. The van der Waals surface area contributed by atoms with Gasteiger partial charge in [0.2, 0.25) is 0 Å². The average molecular weight is 250 g/mol. The van der Waals surface area contributed by atoms with Crippen LogP contribution in [0.3, 0.4) is 0 Å². The van der Waals surface area contributed by atoms with Gasteiger partial charge in [-0.3, -0.25) is 0 Å². The maximum atomic E-state index is 6.14. The van der Waals surface area contributed by atoms with E-state index in [2.05, 4.69) is 6.92 Å². The summed E-state index contributed by atoms with van der Waals surface area (Å²) < 4.78 is 5.72. The molecule has 90 valence electrons. The van der Waals surface area contributed by atoms with Crippen molar-refractivity contribution >= 4 is 11.6 Å². The summed E-state index contributed by atoms with van der Waals surface area (Å²) in [6.07, 6.45) is 3.86. The summed E-state index contributed by atoms with van der Waals surface area (Å²) in [5.41, 5.74) is 1.15. The lowest BCUT2D eigenvalue weighted by molar-refractivity contribution is 0.197. The molecule has 0 aliphatic carbocycles. The van der Waals surface area contributed by atoms with Crippen molar-refractivity contribution in [2.45, 2.75) is 19.6 Å². The van der Waals surface area contributed by atoms with E-state index in [9.17, 15) is 0 Å². The SMILES string of the molecule is CC1C(Cl)=CC(OCc2ccccc2)=CN1C. The Kier molecular flexibility index (Phi) is 3.75. The Bertz CT molecular complexity index is 439. The fourth-order valence-corrected chi connectivity index (χ4v) is 1.88. The maximum Gasteiger partial charge on any atom is 0.136 e. The van der Waals surface area contributed by atoms with Crippen LogP contribution >= 0.6 is 11.6 Å². The van der Waals surface area contributed by atoms with Gasteiger partial charge in [-0.25, -0.2) is 0 Å². The van der Waals surface area contributed by atoms with Crippen LogP contribution in [0.25, 0.3) is 0 Å². The molecule has 17 heavy (non-hydrogen) atoms. The van der Waals surface area contributed by atoms with Crippen LogP contribution in [0.5, 0.6) is 0 Å². The molecule has 0 amide bonds. The molecule has 1 unspecified atom stereocenters. The number of nitrogens with zero attached hydrogens (tertiary/aromatic N) is 1. The first-order valence-electron chi connectivity index (χ1n) is 5.64. The van der Waals surface area contributed by atoms with Gasteiger partial charge in [-0.15, -0.1) is 0 Å². The second-order valence-corrected chi connectivity index (χ2v) is 4.61. The molecule has 1 heterocycles. The Morgan fingerprint density at radius 1 is 1.29 bits per heavy atom. The summed E-state index contributed by atoms with van der Waals surface area (Å²) in [6.45, 7) is 2.62. The zero-order valence-electron chi connectivity index (χ0n) is 10.1. The predicted molar refractivity (Wildman–Crippen MR) is 70.5 cm³/mol. The van der Waals surface area contributed by atoms with Crippen molar-refractivity contribution in [2.75, 3.05) is 7.05 Å². The monoisotopic (exact) mass is 249 g/mol. The minimum atomic E-state index is 0.223. The zero-order valence-corrected chi connectivity index (χ0v) is 10.8. The molecule has 1 aliphatic heterocycles. The van der Waals surface area contributed by atoms with Gasteiger partial charge in [0.25, 0.3) is 0 Å². The largest absolute Gasteiger partial charge is 0.487 e. The van der Waals surface area contributed by atoms with Gasteiger partial charge in [-0.1, -0.05) is 41.9 Å². The van der Waals surface area contributed by atoms with E-state index in [0.717, 1.165) is 16.4 Å². The molecule has 0 bridgehead atoms. The molecular weight excluding hydrogens is 234 g/mol. The number of hydrogen-bond donors (Lipinski definition) is 0. The Hall–Kier alpha value is -1.41. The third-order valence-electron chi connectivity index (χ3n) is 2.87. The first kappa shape index (κ1) is 12.1. The van der Waals surface area contributed by atoms with E-state index in [1.54, 1.807) is 0 Å². The summed E-state index contributed by atoms with van der Waals surface area (Å²) in [4.78, 5) is 2.04. The first-order valence-corrected chi connectivity index (χ1v) is 6.02. The summed E-state index contributed by atoms with van der Waals surface area (Å²) in [7, 11) is 1.99. The van der Waals surface area contributed by atoms with Crippen molar-refractivity contribution in [2.24, 2.45) is 0 Å². The van der Waals surface area contributed by atoms with E-state index in [-0.39, 0.29) is 6.04 Å². The van der Waals surface area contributed by atoms with E-state index in [1.165, 1.54) is 0 Å². The van der Waals surface area contributed by atoms with Gasteiger partial charge in [-0.05, 0) is 18.6 Å². The Morgan fingerprint density at radius 2 is 2.00 bits per heavy atom. The number of rotatable bonds is 3. The molecule has 2 rings (SSSR count). The van der Waals surface area contributed by atoms with Crippen LogP contribution in [-0.4, -0.2) is 18.0 Å². The highest BCUT2D eigenvalue weighted by molar-refractivity contribution is 6.30. The van der Waals surface area contributed by atoms with Gasteiger partial charge in [0.1, 0.15) is 12.4 Å². The van der Waals surface area contributed by atoms with Crippen molar-refractivity contribution in [3.05, 3.63) is 59.0 Å². The van der Waals surface area contributed by atoms with Crippen LogP contribution in [-0.2, 0) is 11.3 Å². The van der Waals surface area contributed by atoms with E-state index in [0.29, 0.717) is 6.61 Å². The summed E-state index contributed by atoms with van der Waals surface area (Å²) in [6, 6.07) is 10.3. The van der Waals surface area contributed by atoms with Crippen LogP contribution in [0.2, 0.25) is 0 Å². The topological polar surface area (TPSA) is 12.5 Å². The van der Waals surface area contributed by atoms with Crippen LogP contribution in [0.4, 0.5) is 0 Å². The fraction of sp³-hybridized carbons (Fsp3) is 0.286. The van der Waals surface area contributed by atoms with Crippen LogP contribution in [0.15, 0.2) is 53.4 Å². The maximum absolute atomic E-state index is 6.14. The molecule has 1 aromatic carbocycles. The molecule has 0 saturated carbocycles. The predicted octanol–water partition coefficient (Wildman–Crippen LogP) is 3.50. The van der Waals surface area contributed by atoms with Crippen molar-refractivity contribution in [3.8, 4) is 0 Å². The summed E-state index contributed by atoms with van der Waals surface area (Å²) in [5.74, 6) is 0.805. The molecule has 0 fully saturated rings. The van der Waals surface area contributed by atoms with E-state index in [1.807, 2.05) is 54.6 Å². The second-order valence-electron chi connectivity index (χ2n) is 4.18. The van der Waals surface area contributed by atoms with E-state index in [4.69, 9.17) is 16.3 Å². The van der Waals surface area contributed by atoms with E-state index >= 15 is 0 Å². The first-order chi connectivity index (χ1) is 8.16. The lowest BCUT2D eigenvalue weighted by atomic mass is 10.2. The molecule has 2 nitrogen and oxygen atoms in total. The number of allylic oxidation sites excluding steroid dienone is 1. The summed E-state index contributed by atoms with van der Waals surface area (Å²) >= 11 is 6.14. The van der Waals surface area contributed by atoms with Gasteiger partial charge >= 0.3 is 0 Å². The molecule has 0 saturated heterocycles. The molecule has 1 aliphatic rings. The highest BCUT2D eigenvalue weighted by atomic mass is 35.5. The Labute approximate surface area is 107 Å². The molecular formula is C14H16ClNO. The third-order valence-corrected chi connectivity index (χ3v) is 3.29. The fourth-order valence-electron chi connectivity index (χ4n) is 1.62. The standard InChI is InChI=1S/C14H16ClNO/c1-11-14(15)8-13(9-16(11)2)17-10-12-6-4-3-5-7-12/h3-9,11H,10H2,1-2H3. The number of benzene rings is 1. The van der Waals surface area contributed by atoms with Crippen LogP contribution in [0, 0.1) is 0 Å². The highest BCUT2D eigenvalue weighted by Gasteiger charge is 2.16.